The second-order valence-electron chi connectivity index (χ2n) is 10.4. The number of nitrogens with zero attached hydrogens (tertiary/aromatic N) is 2. The Kier molecular flexibility index (Phi) is 7.73. The zero-order valence-corrected chi connectivity index (χ0v) is 22.9. The minimum atomic E-state index is -1.42. The summed E-state index contributed by atoms with van der Waals surface area (Å²) in [6, 6.07) is 15.3. The highest BCUT2D eigenvalue weighted by atomic mass is 16.5. The van der Waals surface area contributed by atoms with Crippen molar-refractivity contribution in [3.8, 4) is 22.8 Å². The van der Waals surface area contributed by atoms with E-state index < -0.39 is 41.5 Å². The summed E-state index contributed by atoms with van der Waals surface area (Å²) in [6.45, 7) is 5.37. The highest BCUT2D eigenvalue weighted by Crippen LogP contribution is 2.45. The molecular weight excluding hydrogens is 523 g/mol. The van der Waals surface area contributed by atoms with Gasteiger partial charge in [-0.15, -0.1) is 6.58 Å². The van der Waals surface area contributed by atoms with Crippen molar-refractivity contribution < 1.29 is 29.0 Å². The Bertz CT molecular complexity index is 1500. The van der Waals surface area contributed by atoms with Crippen molar-refractivity contribution in [3.63, 3.8) is 0 Å². The van der Waals surface area contributed by atoms with Crippen molar-refractivity contribution in [1.82, 2.24) is 20.4 Å². The largest absolute Gasteiger partial charge is 0.497 e. The molecule has 0 bridgehead atoms. The van der Waals surface area contributed by atoms with Crippen LogP contribution in [0.3, 0.4) is 0 Å². The number of carboxylic acids is 1. The van der Waals surface area contributed by atoms with Crippen LogP contribution in [-0.2, 0) is 14.4 Å². The van der Waals surface area contributed by atoms with Gasteiger partial charge in [-0.05, 0) is 25.5 Å². The molecule has 3 aromatic rings. The third kappa shape index (κ3) is 5.37. The average molecular weight is 554 g/mol. The van der Waals surface area contributed by atoms with Crippen molar-refractivity contribution in [2.75, 3.05) is 13.7 Å². The first-order valence-corrected chi connectivity index (χ1v) is 13.4. The number of aromatic nitrogens is 1. The van der Waals surface area contributed by atoms with Gasteiger partial charge in [0.05, 0.1) is 30.9 Å². The molecule has 41 heavy (non-hydrogen) atoms. The summed E-state index contributed by atoms with van der Waals surface area (Å²) >= 11 is 0. The lowest BCUT2D eigenvalue weighted by atomic mass is 10.1. The van der Waals surface area contributed by atoms with Crippen molar-refractivity contribution in [2.24, 2.45) is 5.92 Å². The molecule has 1 saturated carbocycles. The number of carbonyl (C=O) groups excluding carboxylic acids is 2. The molecule has 0 spiro atoms. The summed E-state index contributed by atoms with van der Waals surface area (Å²) < 4.78 is 11.9. The van der Waals surface area contributed by atoms with Gasteiger partial charge in [0.2, 0.25) is 11.8 Å². The first kappa shape index (κ1) is 28.2. The van der Waals surface area contributed by atoms with E-state index >= 15 is 0 Å². The normalized spacial score (nSPS) is 24.0. The molecule has 11 heteroatoms. The molecule has 2 aliphatic rings. The second kappa shape index (κ2) is 11.2. The predicted molar refractivity (Wildman–Crippen MR) is 153 cm³/mol. The number of amides is 2. The molecule has 1 saturated heterocycles. The minimum absolute atomic E-state index is 0.106. The van der Waals surface area contributed by atoms with Crippen molar-refractivity contribution in [3.05, 3.63) is 67.3 Å². The maximum Gasteiger partial charge on any atom is 0.330 e. The van der Waals surface area contributed by atoms with E-state index in [9.17, 15) is 19.5 Å². The highest BCUT2D eigenvalue weighted by Gasteiger charge is 2.61. The Morgan fingerprint density at radius 3 is 2.61 bits per heavy atom. The fourth-order valence-corrected chi connectivity index (χ4v) is 5.35. The molecule has 210 valence electrons. The van der Waals surface area contributed by atoms with Crippen LogP contribution in [0.4, 0.5) is 0 Å². The molecule has 2 amide bonds. The summed E-state index contributed by atoms with van der Waals surface area (Å²) in [5, 5.41) is 15.6. The van der Waals surface area contributed by atoms with Crippen LogP contribution in [0.2, 0.25) is 0 Å². The lowest BCUT2D eigenvalue weighted by Crippen LogP contribution is -2.55. The summed E-state index contributed by atoms with van der Waals surface area (Å²) in [6.07, 6.45) is 1.36. The Morgan fingerprint density at radius 1 is 1.22 bits per heavy atom. The van der Waals surface area contributed by atoms with Gasteiger partial charge in [-0.3, -0.25) is 9.59 Å². The fraction of sp³-hybridized carbons (Fsp3) is 0.333. The van der Waals surface area contributed by atoms with Crippen molar-refractivity contribution in [2.45, 2.75) is 43.5 Å². The van der Waals surface area contributed by atoms with Gasteiger partial charge in [0.15, 0.2) is 7.98 Å². The van der Waals surface area contributed by atoms with Crippen LogP contribution < -0.4 is 20.0 Å². The molecule has 2 unspecified atom stereocenters. The van der Waals surface area contributed by atoms with Crippen LogP contribution in [0.1, 0.15) is 19.8 Å². The zero-order valence-electron chi connectivity index (χ0n) is 22.9. The average Bonchev–Trinajstić information content (AvgIpc) is 3.56. The Labute approximate surface area is 239 Å². The third-order valence-electron chi connectivity index (χ3n) is 7.84. The number of pyridine rings is 1. The number of benzene rings is 2. The summed E-state index contributed by atoms with van der Waals surface area (Å²) in [4.78, 5) is 44.9. The van der Waals surface area contributed by atoms with E-state index in [1.807, 2.05) is 54.6 Å². The van der Waals surface area contributed by atoms with Gasteiger partial charge in [0.25, 0.3) is 0 Å². The van der Waals surface area contributed by atoms with E-state index in [2.05, 4.69) is 17.1 Å². The minimum Gasteiger partial charge on any atom is -0.497 e. The van der Waals surface area contributed by atoms with Crippen LogP contribution in [0.15, 0.2) is 67.3 Å². The number of fused-ring (bicyclic) bond motifs is 1. The van der Waals surface area contributed by atoms with Crippen LogP contribution in [0.5, 0.6) is 11.5 Å². The number of ether oxygens (including phenoxy) is 2. The van der Waals surface area contributed by atoms with Crippen LogP contribution in [-0.4, -0.2) is 78.1 Å². The standard InChI is InChI=1S/C30H31BN4O6/c1-4-19-15-30(19,29(38)39)33-27(36)25-13-21(16-35(25)28(37)17(2)34-31)41-26-14-23(18-8-6-5-7-9-18)32-24-12-20(40-3)10-11-22(24)26/h4-12,14,17,19,21,25,34H,1,13,15-16H2,2-3H3,(H,33,36)(H,38,39)/t17-,19?,21?,25-,30+/m0/s1. The highest BCUT2D eigenvalue weighted by molar-refractivity contribution is 6.07. The van der Waals surface area contributed by atoms with Gasteiger partial charge >= 0.3 is 5.97 Å². The maximum absolute atomic E-state index is 13.5. The van der Waals surface area contributed by atoms with E-state index in [4.69, 9.17) is 22.4 Å². The lowest BCUT2D eigenvalue weighted by Gasteiger charge is -2.27. The Morgan fingerprint density at radius 2 is 1.98 bits per heavy atom. The summed E-state index contributed by atoms with van der Waals surface area (Å²) in [5.41, 5.74) is 0.824. The number of aliphatic carboxylic acids is 1. The SMILES string of the molecule is [B]N[C@@H](C)C(=O)N1CC(Oc2cc(-c3ccccc3)nc3cc(OC)ccc23)C[C@H]1C(=O)N[C@]1(C(=O)O)CC1C=C. The molecule has 10 nitrogen and oxygen atoms in total. The van der Waals surface area contributed by atoms with Gasteiger partial charge in [-0.1, -0.05) is 36.4 Å². The topological polar surface area (TPSA) is 130 Å². The number of nitrogens with one attached hydrogen (secondary N) is 2. The molecular formula is C30H31BN4O6. The van der Waals surface area contributed by atoms with E-state index in [0.29, 0.717) is 22.7 Å². The summed E-state index contributed by atoms with van der Waals surface area (Å²) in [5.74, 6) is -1.30. The molecule has 3 N–H and O–H groups in total. The molecule has 5 rings (SSSR count). The Hall–Kier alpha value is -4.38. The number of hydrogen-bond acceptors (Lipinski definition) is 7. The van der Waals surface area contributed by atoms with E-state index in [0.717, 1.165) is 10.9 Å². The number of methoxy groups -OCH3 is 1. The smallest absolute Gasteiger partial charge is 0.330 e. The quantitative estimate of drug-likeness (QED) is 0.258. The lowest BCUT2D eigenvalue weighted by molar-refractivity contribution is -0.145. The van der Waals surface area contributed by atoms with Crippen LogP contribution in [0.25, 0.3) is 22.2 Å². The van der Waals surface area contributed by atoms with Gasteiger partial charge in [0.1, 0.15) is 29.2 Å². The third-order valence-corrected chi connectivity index (χ3v) is 7.84. The van der Waals surface area contributed by atoms with E-state index in [-0.39, 0.29) is 25.3 Å². The predicted octanol–water partition coefficient (Wildman–Crippen LogP) is 2.47. The fourth-order valence-electron chi connectivity index (χ4n) is 5.35. The Balaban J connectivity index is 1.47. The molecule has 5 atom stereocenters. The number of rotatable bonds is 10. The first-order chi connectivity index (χ1) is 19.7. The van der Waals surface area contributed by atoms with E-state index in [1.54, 1.807) is 14.0 Å². The molecule has 2 heterocycles. The van der Waals surface area contributed by atoms with Gasteiger partial charge in [0, 0.05) is 35.4 Å². The van der Waals surface area contributed by atoms with Crippen molar-refractivity contribution in [1.29, 1.82) is 0 Å². The maximum atomic E-state index is 13.5. The second-order valence-corrected chi connectivity index (χ2v) is 10.4. The van der Waals surface area contributed by atoms with Crippen molar-refractivity contribution >= 4 is 36.7 Å². The molecule has 2 radical (unpaired) electrons. The summed E-state index contributed by atoms with van der Waals surface area (Å²) in [7, 11) is 7.11. The van der Waals surface area contributed by atoms with Gasteiger partial charge in [-0.2, -0.15) is 0 Å². The monoisotopic (exact) mass is 554 g/mol. The molecule has 1 aliphatic heterocycles. The zero-order chi connectivity index (χ0) is 29.3. The first-order valence-electron chi connectivity index (χ1n) is 13.4. The molecule has 2 fully saturated rings. The van der Waals surface area contributed by atoms with Gasteiger partial charge < -0.3 is 30.0 Å². The molecule has 1 aromatic heterocycles. The number of likely N-dealkylation sites (tertiary alicyclic amines) is 1. The van der Waals surface area contributed by atoms with Gasteiger partial charge in [-0.25, -0.2) is 9.78 Å². The molecule has 2 aromatic carbocycles. The number of hydrogen-bond donors (Lipinski definition) is 3. The van der Waals surface area contributed by atoms with E-state index in [1.165, 1.54) is 11.0 Å². The van der Waals surface area contributed by atoms with Crippen LogP contribution in [0, 0.1) is 5.92 Å². The molecule has 1 aliphatic carbocycles. The van der Waals surface area contributed by atoms with Crippen LogP contribution >= 0.6 is 0 Å². The number of carbonyl (C=O) groups is 3. The number of carboxylic acid groups (broad SMARTS) is 1.